The zero-order valence-corrected chi connectivity index (χ0v) is 19.3. The number of halogens is 1. The van der Waals surface area contributed by atoms with Crippen LogP contribution in [-0.2, 0) is 6.54 Å². The molecule has 4 aromatic rings. The average molecular weight is 477 g/mol. The number of nitrogens with zero attached hydrogens (tertiary/aromatic N) is 4. The number of thiazole rings is 1. The maximum atomic E-state index is 14.7. The summed E-state index contributed by atoms with van der Waals surface area (Å²) < 4.78 is 16.6. The number of anilines is 2. The summed E-state index contributed by atoms with van der Waals surface area (Å²) in [6.45, 7) is 1.91. The van der Waals surface area contributed by atoms with Gasteiger partial charge in [0.2, 0.25) is 0 Å². The zero-order chi connectivity index (χ0) is 23.5. The molecule has 3 N–H and O–H groups in total. The van der Waals surface area contributed by atoms with Crippen LogP contribution < -0.4 is 16.0 Å². The van der Waals surface area contributed by atoms with E-state index >= 15 is 0 Å². The molecule has 1 amide bonds. The van der Waals surface area contributed by atoms with E-state index in [9.17, 15) is 9.18 Å². The SMILES string of the molecule is NC1CCCN(c2c(F)cccc2NC(=O)c2csc(-c3cnn(Cc4ccccc4)c3)n2)C1. The van der Waals surface area contributed by atoms with Gasteiger partial charge in [0.05, 0.1) is 24.1 Å². The molecule has 5 rings (SSSR count). The predicted octanol–water partition coefficient (Wildman–Crippen LogP) is 4.37. The Bertz CT molecular complexity index is 1290. The van der Waals surface area contributed by atoms with Gasteiger partial charge in [-0.2, -0.15) is 5.10 Å². The quantitative estimate of drug-likeness (QED) is 0.431. The first-order valence-corrected chi connectivity index (χ1v) is 12.1. The topological polar surface area (TPSA) is 89.1 Å². The zero-order valence-electron chi connectivity index (χ0n) is 18.5. The number of carbonyl (C=O) groups is 1. The first-order valence-electron chi connectivity index (χ1n) is 11.2. The van der Waals surface area contributed by atoms with E-state index < -0.39 is 0 Å². The molecule has 0 aliphatic carbocycles. The summed E-state index contributed by atoms with van der Waals surface area (Å²) in [6, 6.07) is 14.7. The van der Waals surface area contributed by atoms with Crippen molar-refractivity contribution in [3.63, 3.8) is 0 Å². The molecule has 7 nitrogen and oxygen atoms in total. The van der Waals surface area contributed by atoms with Gasteiger partial charge in [-0.3, -0.25) is 9.48 Å². The van der Waals surface area contributed by atoms with E-state index in [2.05, 4.69) is 15.4 Å². The number of para-hydroxylation sites is 1. The van der Waals surface area contributed by atoms with E-state index in [0.717, 1.165) is 24.0 Å². The second-order valence-corrected chi connectivity index (χ2v) is 9.25. The van der Waals surface area contributed by atoms with Crippen LogP contribution >= 0.6 is 11.3 Å². The van der Waals surface area contributed by atoms with Gasteiger partial charge >= 0.3 is 0 Å². The number of piperidine rings is 1. The number of nitrogens with one attached hydrogen (secondary N) is 1. The number of aromatic nitrogens is 3. The van der Waals surface area contributed by atoms with Crippen LogP contribution in [0.25, 0.3) is 10.6 Å². The highest BCUT2D eigenvalue weighted by Gasteiger charge is 2.23. The molecule has 0 radical (unpaired) electrons. The normalized spacial score (nSPS) is 15.9. The van der Waals surface area contributed by atoms with Crippen LogP contribution in [0.2, 0.25) is 0 Å². The molecule has 0 bridgehead atoms. The lowest BCUT2D eigenvalue weighted by atomic mass is 10.1. The number of rotatable bonds is 6. The van der Waals surface area contributed by atoms with Crippen molar-refractivity contribution in [2.75, 3.05) is 23.3 Å². The van der Waals surface area contributed by atoms with Crippen molar-refractivity contribution in [2.24, 2.45) is 5.73 Å². The second kappa shape index (κ2) is 9.74. The largest absolute Gasteiger partial charge is 0.366 e. The highest BCUT2D eigenvalue weighted by atomic mass is 32.1. The monoisotopic (exact) mass is 476 g/mol. The molecule has 1 saturated heterocycles. The minimum absolute atomic E-state index is 0.0131. The molecule has 9 heteroatoms. The van der Waals surface area contributed by atoms with Crippen LogP contribution in [0.5, 0.6) is 0 Å². The summed E-state index contributed by atoms with van der Waals surface area (Å²) in [5, 5.41) is 9.66. The van der Waals surface area contributed by atoms with Crippen LogP contribution in [0, 0.1) is 5.82 Å². The molecule has 0 spiro atoms. The van der Waals surface area contributed by atoms with Crippen molar-refractivity contribution in [3.05, 3.63) is 83.4 Å². The fourth-order valence-electron chi connectivity index (χ4n) is 4.18. The average Bonchev–Trinajstić information content (AvgIpc) is 3.50. The van der Waals surface area contributed by atoms with E-state index in [4.69, 9.17) is 5.73 Å². The molecule has 1 aliphatic heterocycles. The maximum Gasteiger partial charge on any atom is 0.275 e. The molecular weight excluding hydrogens is 451 g/mol. The lowest BCUT2D eigenvalue weighted by Crippen LogP contribution is -2.43. The summed E-state index contributed by atoms with van der Waals surface area (Å²) in [6.07, 6.45) is 5.46. The molecule has 34 heavy (non-hydrogen) atoms. The van der Waals surface area contributed by atoms with Gasteiger partial charge < -0.3 is 16.0 Å². The van der Waals surface area contributed by atoms with Gasteiger partial charge in [-0.05, 0) is 30.5 Å². The van der Waals surface area contributed by atoms with Crippen molar-refractivity contribution in [2.45, 2.75) is 25.4 Å². The number of nitrogens with two attached hydrogens (primary N) is 1. The molecule has 3 heterocycles. The minimum atomic E-state index is -0.382. The van der Waals surface area contributed by atoms with Crippen LogP contribution in [0.1, 0.15) is 28.9 Å². The Morgan fingerprint density at radius 3 is 2.88 bits per heavy atom. The first-order chi connectivity index (χ1) is 16.6. The van der Waals surface area contributed by atoms with Crippen LogP contribution in [0.15, 0.2) is 66.3 Å². The van der Waals surface area contributed by atoms with Crippen LogP contribution in [0.3, 0.4) is 0 Å². The molecule has 1 unspecified atom stereocenters. The Balaban J connectivity index is 1.31. The molecule has 174 valence electrons. The van der Waals surface area contributed by atoms with Gasteiger partial charge in [0, 0.05) is 36.3 Å². The number of hydrogen-bond acceptors (Lipinski definition) is 6. The lowest BCUT2D eigenvalue weighted by Gasteiger charge is -2.34. The van der Waals surface area contributed by atoms with E-state index in [-0.39, 0.29) is 23.5 Å². The van der Waals surface area contributed by atoms with Crippen molar-refractivity contribution in [1.82, 2.24) is 14.8 Å². The van der Waals surface area contributed by atoms with Crippen molar-refractivity contribution in [1.29, 1.82) is 0 Å². The van der Waals surface area contributed by atoms with E-state index in [1.807, 2.05) is 46.1 Å². The molecule has 1 aliphatic rings. The van der Waals surface area contributed by atoms with Crippen molar-refractivity contribution >= 4 is 28.6 Å². The minimum Gasteiger partial charge on any atom is -0.366 e. The predicted molar refractivity (Wildman–Crippen MR) is 133 cm³/mol. The third-order valence-electron chi connectivity index (χ3n) is 5.81. The van der Waals surface area contributed by atoms with E-state index in [0.29, 0.717) is 36.0 Å². The number of amides is 1. The molecule has 1 atom stereocenters. The smallest absolute Gasteiger partial charge is 0.275 e. The summed E-state index contributed by atoms with van der Waals surface area (Å²) >= 11 is 1.37. The summed E-state index contributed by atoms with van der Waals surface area (Å²) in [7, 11) is 0. The lowest BCUT2D eigenvalue weighted by molar-refractivity contribution is 0.102. The van der Waals surface area contributed by atoms with Crippen LogP contribution in [0.4, 0.5) is 15.8 Å². The first kappa shape index (κ1) is 22.2. The Hall–Kier alpha value is -3.56. The van der Waals surface area contributed by atoms with Gasteiger partial charge in [0.1, 0.15) is 16.5 Å². The number of benzene rings is 2. The summed E-state index contributed by atoms with van der Waals surface area (Å²) in [5.74, 6) is -0.760. The third kappa shape index (κ3) is 4.85. The van der Waals surface area contributed by atoms with Gasteiger partial charge in [-0.15, -0.1) is 11.3 Å². The maximum absolute atomic E-state index is 14.7. The molecule has 0 saturated carbocycles. The Morgan fingerprint density at radius 1 is 1.21 bits per heavy atom. The van der Waals surface area contributed by atoms with Gasteiger partial charge in [0.25, 0.3) is 5.91 Å². The fraction of sp³-hybridized carbons (Fsp3) is 0.240. The van der Waals surface area contributed by atoms with Crippen LogP contribution in [-0.4, -0.2) is 39.8 Å². The number of hydrogen-bond donors (Lipinski definition) is 2. The van der Waals surface area contributed by atoms with Gasteiger partial charge in [-0.25, -0.2) is 9.37 Å². The second-order valence-electron chi connectivity index (χ2n) is 8.39. The molecule has 1 fully saturated rings. The Labute approximate surface area is 201 Å². The van der Waals surface area contributed by atoms with Gasteiger partial charge in [0.15, 0.2) is 0 Å². The molecule has 2 aromatic carbocycles. The summed E-state index contributed by atoms with van der Waals surface area (Å²) in [4.78, 5) is 19.4. The fourth-order valence-corrected chi connectivity index (χ4v) is 4.95. The third-order valence-corrected chi connectivity index (χ3v) is 6.70. The van der Waals surface area contributed by atoms with E-state index in [1.54, 1.807) is 23.7 Å². The highest BCUT2D eigenvalue weighted by Crippen LogP contribution is 2.32. The van der Waals surface area contributed by atoms with E-state index in [1.165, 1.54) is 17.4 Å². The molecule has 2 aromatic heterocycles. The summed E-state index contributed by atoms with van der Waals surface area (Å²) in [5.41, 5.74) is 9.16. The molecular formula is C25H25FN6OS. The van der Waals surface area contributed by atoms with Gasteiger partial charge in [-0.1, -0.05) is 36.4 Å². The highest BCUT2D eigenvalue weighted by molar-refractivity contribution is 7.13. The van der Waals surface area contributed by atoms with Crippen molar-refractivity contribution in [3.8, 4) is 10.6 Å². The Kier molecular flexibility index (Phi) is 6.37. The standard InChI is InChI=1S/C25H25FN6OS/c26-20-9-4-10-21(23(20)31-11-5-8-19(27)15-31)29-24(33)22-16-34-25(30-22)18-12-28-32(14-18)13-17-6-2-1-3-7-17/h1-4,6-7,9-10,12,14,16,19H,5,8,11,13,15,27H2,(H,29,33). The Morgan fingerprint density at radius 2 is 2.06 bits per heavy atom. The van der Waals surface area contributed by atoms with Crippen molar-refractivity contribution < 1.29 is 9.18 Å². The number of carbonyl (C=O) groups excluding carboxylic acids is 1.